The Hall–Kier alpha value is -1.30. The van der Waals surface area contributed by atoms with Gasteiger partial charge in [0, 0.05) is 24.2 Å². The Morgan fingerprint density at radius 2 is 2.15 bits per heavy atom. The minimum Gasteiger partial charge on any atom is -0.484 e. The molecule has 0 spiro atoms. The van der Waals surface area contributed by atoms with E-state index in [2.05, 4.69) is 15.5 Å². The van der Waals surface area contributed by atoms with E-state index in [1.807, 2.05) is 20.0 Å². The summed E-state index contributed by atoms with van der Waals surface area (Å²) in [5.74, 6) is 1.35. The number of halogens is 2. The van der Waals surface area contributed by atoms with Crippen LogP contribution >= 0.6 is 23.2 Å². The van der Waals surface area contributed by atoms with Crippen molar-refractivity contribution in [3.8, 4) is 5.75 Å². The maximum Gasteiger partial charge on any atom is 0.170 e. The first kappa shape index (κ1) is 15.1. The van der Waals surface area contributed by atoms with Gasteiger partial charge in [-0.1, -0.05) is 30.1 Å². The summed E-state index contributed by atoms with van der Waals surface area (Å²) in [6.07, 6.45) is 1.63. The fourth-order valence-electron chi connectivity index (χ4n) is 1.74. The molecule has 1 aromatic carbocycles. The summed E-state index contributed by atoms with van der Waals surface area (Å²) in [5.41, 5.74) is 0.923. The standard InChI is InChI=1S/C13H16Cl2N4O/c1-3-16-6-9-4-10(14)5-11(15)13(9)20-7-12-18-17-8-19(12)2/h4-5,8,16H,3,6-7H2,1-2H3. The second-order valence-electron chi connectivity index (χ2n) is 4.30. The highest BCUT2D eigenvalue weighted by Gasteiger charge is 2.12. The highest BCUT2D eigenvalue weighted by Crippen LogP contribution is 2.32. The van der Waals surface area contributed by atoms with Gasteiger partial charge in [0.1, 0.15) is 18.7 Å². The van der Waals surface area contributed by atoms with Gasteiger partial charge in [-0.2, -0.15) is 0 Å². The van der Waals surface area contributed by atoms with E-state index in [9.17, 15) is 0 Å². The lowest BCUT2D eigenvalue weighted by atomic mass is 10.2. The predicted molar refractivity (Wildman–Crippen MR) is 79.2 cm³/mol. The molecule has 20 heavy (non-hydrogen) atoms. The van der Waals surface area contributed by atoms with Crippen LogP contribution in [0, 0.1) is 0 Å². The van der Waals surface area contributed by atoms with Crippen LogP contribution in [0.2, 0.25) is 10.0 Å². The molecule has 108 valence electrons. The lowest BCUT2D eigenvalue weighted by molar-refractivity contribution is 0.288. The van der Waals surface area contributed by atoms with Gasteiger partial charge in [-0.3, -0.25) is 0 Å². The molecule has 1 aromatic heterocycles. The van der Waals surface area contributed by atoms with Crippen molar-refractivity contribution in [2.45, 2.75) is 20.1 Å². The monoisotopic (exact) mass is 314 g/mol. The van der Waals surface area contributed by atoms with Crippen molar-refractivity contribution in [3.63, 3.8) is 0 Å². The van der Waals surface area contributed by atoms with E-state index in [0.717, 1.165) is 17.9 Å². The van der Waals surface area contributed by atoms with Gasteiger partial charge < -0.3 is 14.6 Å². The van der Waals surface area contributed by atoms with Crippen LogP contribution in [0.4, 0.5) is 0 Å². The number of benzene rings is 1. The molecular weight excluding hydrogens is 299 g/mol. The van der Waals surface area contributed by atoms with Gasteiger partial charge in [-0.25, -0.2) is 0 Å². The molecule has 0 fully saturated rings. The summed E-state index contributed by atoms with van der Waals surface area (Å²) in [4.78, 5) is 0. The number of hydrogen-bond acceptors (Lipinski definition) is 4. The summed E-state index contributed by atoms with van der Waals surface area (Å²) in [6.45, 7) is 3.83. The second kappa shape index (κ2) is 6.92. The third-order valence-electron chi connectivity index (χ3n) is 2.80. The number of nitrogens with one attached hydrogen (secondary N) is 1. The molecule has 0 aliphatic heterocycles. The Labute approximate surface area is 127 Å². The molecule has 0 aliphatic carbocycles. The lowest BCUT2D eigenvalue weighted by Crippen LogP contribution is -2.13. The smallest absolute Gasteiger partial charge is 0.170 e. The molecule has 0 saturated carbocycles. The van der Waals surface area contributed by atoms with Crippen molar-refractivity contribution in [2.24, 2.45) is 7.05 Å². The maximum absolute atomic E-state index is 6.21. The Morgan fingerprint density at radius 3 is 2.80 bits per heavy atom. The van der Waals surface area contributed by atoms with E-state index in [-0.39, 0.29) is 0 Å². The van der Waals surface area contributed by atoms with Gasteiger partial charge in [0.15, 0.2) is 5.82 Å². The number of hydrogen-bond donors (Lipinski definition) is 1. The molecule has 0 amide bonds. The Kier molecular flexibility index (Phi) is 5.23. The van der Waals surface area contributed by atoms with Gasteiger partial charge in [-0.15, -0.1) is 10.2 Å². The fourth-order valence-corrected chi connectivity index (χ4v) is 2.33. The minimum atomic E-state index is 0.303. The SMILES string of the molecule is CCNCc1cc(Cl)cc(Cl)c1OCc1nncn1C. The highest BCUT2D eigenvalue weighted by molar-refractivity contribution is 6.35. The fraction of sp³-hybridized carbons (Fsp3) is 0.385. The number of aromatic nitrogens is 3. The average molecular weight is 315 g/mol. The average Bonchev–Trinajstić information content (AvgIpc) is 2.80. The molecule has 0 aliphatic rings. The quantitative estimate of drug-likeness (QED) is 0.890. The van der Waals surface area contributed by atoms with Gasteiger partial charge in [0.25, 0.3) is 0 Å². The van der Waals surface area contributed by atoms with Gasteiger partial charge in [0.05, 0.1) is 5.02 Å². The molecule has 0 radical (unpaired) electrons. The normalized spacial score (nSPS) is 10.8. The van der Waals surface area contributed by atoms with Gasteiger partial charge in [0.2, 0.25) is 0 Å². The van der Waals surface area contributed by atoms with Gasteiger partial charge >= 0.3 is 0 Å². The van der Waals surface area contributed by atoms with E-state index in [4.69, 9.17) is 27.9 Å². The molecule has 0 unspecified atom stereocenters. The number of rotatable bonds is 6. The third kappa shape index (κ3) is 3.62. The summed E-state index contributed by atoms with van der Waals surface area (Å²) in [6, 6.07) is 3.52. The molecule has 2 aromatic rings. The topological polar surface area (TPSA) is 52.0 Å². The first-order valence-electron chi connectivity index (χ1n) is 6.26. The van der Waals surface area contributed by atoms with Crippen molar-refractivity contribution >= 4 is 23.2 Å². The zero-order chi connectivity index (χ0) is 14.5. The number of ether oxygens (including phenoxy) is 1. The van der Waals surface area contributed by atoms with E-state index in [0.29, 0.717) is 28.9 Å². The molecule has 0 saturated heterocycles. The lowest BCUT2D eigenvalue weighted by Gasteiger charge is -2.14. The molecule has 5 nitrogen and oxygen atoms in total. The Balaban J connectivity index is 2.18. The van der Waals surface area contributed by atoms with Crippen LogP contribution < -0.4 is 10.1 Å². The van der Waals surface area contributed by atoms with E-state index in [1.165, 1.54) is 0 Å². The van der Waals surface area contributed by atoms with Crippen LogP contribution in [-0.2, 0) is 20.2 Å². The summed E-state index contributed by atoms with van der Waals surface area (Å²) in [5, 5.41) is 12.1. The van der Waals surface area contributed by atoms with Crippen molar-refractivity contribution in [1.29, 1.82) is 0 Å². The van der Waals surface area contributed by atoms with Crippen LogP contribution in [0.15, 0.2) is 18.5 Å². The Bertz CT molecular complexity index is 586. The number of aryl methyl sites for hydroxylation is 1. The summed E-state index contributed by atoms with van der Waals surface area (Å²) < 4.78 is 7.59. The van der Waals surface area contributed by atoms with Gasteiger partial charge in [-0.05, 0) is 18.7 Å². The summed E-state index contributed by atoms with van der Waals surface area (Å²) in [7, 11) is 1.86. The number of nitrogens with zero attached hydrogens (tertiary/aromatic N) is 3. The summed E-state index contributed by atoms with van der Waals surface area (Å²) >= 11 is 12.2. The van der Waals surface area contributed by atoms with Crippen LogP contribution in [0.1, 0.15) is 18.3 Å². The largest absolute Gasteiger partial charge is 0.484 e. The van der Waals surface area contributed by atoms with E-state index < -0.39 is 0 Å². The first-order chi connectivity index (χ1) is 9.61. The Morgan fingerprint density at radius 1 is 1.35 bits per heavy atom. The third-order valence-corrected chi connectivity index (χ3v) is 3.30. The first-order valence-corrected chi connectivity index (χ1v) is 7.01. The van der Waals surface area contributed by atoms with Crippen LogP contribution in [0.5, 0.6) is 5.75 Å². The maximum atomic E-state index is 6.21. The molecule has 0 bridgehead atoms. The van der Waals surface area contributed by atoms with Crippen molar-refractivity contribution in [1.82, 2.24) is 20.1 Å². The molecule has 1 N–H and O–H groups in total. The van der Waals surface area contributed by atoms with Crippen LogP contribution in [0.25, 0.3) is 0 Å². The molecule has 1 heterocycles. The highest BCUT2D eigenvalue weighted by atomic mass is 35.5. The predicted octanol–water partition coefficient (Wildman–Crippen LogP) is 2.81. The van der Waals surface area contributed by atoms with Crippen molar-refractivity contribution < 1.29 is 4.74 Å². The van der Waals surface area contributed by atoms with E-state index in [1.54, 1.807) is 17.0 Å². The zero-order valence-corrected chi connectivity index (χ0v) is 12.9. The van der Waals surface area contributed by atoms with E-state index >= 15 is 0 Å². The molecule has 2 rings (SSSR count). The second-order valence-corrected chi connectivity index (χ2v) is 5.15. The van der Waals surface area contributed by atoms with Crippen LogP contribution in [0.3, 0.4) is 0 Å². The van der Waals surface area contributed by atoms with Crippen LogP contribution in [-0.4, -0.2) is 21.3 Å². The van der Waals surface area contributed by atoms with Crippen molar-refractivity contribution in [3.05, 3.63) is 39.9 Å². The molecule has 7 heteroatoms. The minimum absolute atomic E-state index is 0.303. The zero-order valence-electron chi connectivity index (χ0n) is 11.4. The molecular formula is C13H16Cl2N4O. The van der Waals surface area contributed by atoms with Crippen molar-refractivity contribution in [2.75, 3.05) is 6.54 Å². The molecule has 0 atom stereocenters.